The highest BCUT2D eigenvalue weighted by Crippen LogP contribution is 2.34. The van der Waals surface area contributed by atoms with E-state index in [0.717, 1.165) is 16.8 Å². The molecule has 0 N–H and O–H groups in total. The standard InChI is InChI=1S/C27H24ClF2N5O3/c1-15-12-22-20(14-34(15)25(36)18-6-9-21(28)23(13-18)31-3)24-26(37)33(10-11-35(24)32-22)16(2)17-4-7-19(8-5-17)38-27(29)30/h4-9,13,15-16,27H,10-12,14H2,1-2H3/t15-,16+/m1/s1. The average molecular weight is 540 g/mol. The summed E-state index contributed by atoms with van der Waals surface area (Å²) in [5, 5.41) is 4.97. The monoisotopic (exact) mass is 539 g/mol. The molecule has 8 nitrogen and oxygen atoms in total. The first-order valence-electron chi connectivity index (χ1n) is 12.1. The van der Waals surface area contributed by atoms with Crippen molar-refractivity contribution in [2.24, 2.45) is 0 Å². The number of halogens is 3. The van der Waals surface area contributed by atoms with Gasteiger partial charge in [-0.2, -0.15) is 13.9 Å². The first-order chi connectivity index (χ1) is 18.2. The van der Waals surface area contributed by atoms with Crippen molar-refractivity contribution in [1.29, 1.82) is 0 Å². The Morgan fingerprint density at radius 3 is 2.63 bits per heavy atom. The minimum atomic E-state index is -2.91. The summed E-state index contributed by atoms with van der Waals surface area (Å²) in [5.74, 6) is -0.394. The molecule has 5 rings (SSSR count). The molecule has 2 amide bonds. The summed E-state index contributed by atoms with van der Waals surface area (Å²) < 4.78 is 31.1. The highest BCUT2D eigenvalue weighted by Gasteiger charge is 2.38. The van der Waals surface area contributed by atoms with Gasteiger partial charge in [-0.15, -0.1) is 0 Å². The van der Waals surface area contributed by atoms with E-state index in [0.29, 0.717) is 30.8 Å². The van der Waals surface area contributed by atoms with Crippen LogP contribution in [0.5, 0.6) is 5.75 Å². The molecule has 0 radical (unpaired) electrons. The van der Waals surface area contributed by atoms with Gasteiger partial charge in [0.25, 0.3) is 11.8 Å². The Morgan fingerprint density at radius 2 is 1.95 bits per heavy atom. The fourth-order valence-electron chi connectivity index (χ4n) is 5.08. The third-order valence-electron chi connectivity index (χ3n) is 7.13. The van der Waals surface area contributed by atoms with Crippen molar-refractivity contribution >= 4 is 29.1 Å². The Labute approximate surface area is 223 Å². The highest BCUT2D eigenvalue weighted by molar-refractivity contribution is 6.33. The van der Waals surface area contributed by atoms with E-state index in [1.807, 2.05) is 13.8 Å². The summed E-state index contributed by atoms with van der Waals surface area (Å²) in [5.41, 5.74) is 3.32. The lowest BCUT2D eigenvalue weighted by Gasteiger charge is -2.35. The van der Waals surface area contributed by atoms with Gasteiger partial charge in [-0.05, 0) is 37.6 Å². The van der Waals surface area contributed by atoms with E-state index >= 15 is 0 Å². The Hall–Kier alpha value is -3.97. The van der Waals surface area contributed by atoms with Crippen LogP contribution in [0.15, 0.2) is 42.5 Å². The smallest absolute Gasteiger partial charge is 0.387 e. The second kappa shape index (κ2) is 10.1. The van der Waals surface area contributed by atoms with Crippen LogP contribution < -0.4 is 4.74 Å². The van der Waals surface area contributed by atoms with Crippen LogP contribution in [0.1, 0.15) is 57.6 Å². The van der Waals surface area contributed by atoms with E-state index in [1.54, 1.807) is 38.7 Å². The number of amides is 2. The van der Waals surface area contributed by atoms with Crippen LogP contribution in [0.4, 0.5) is 14.5 Å². The van der Waals surface area contributed by atoms with Crippen LogP contribution in [0, 0.1) is 6.57 Å². The summed E-state index contributed by atoms with van der Waals surface area (Å²) in [6.45, 7) is 9.35. The average Bonchev–Trinajstić information content (AvgIpc) is 3.26. The first kappa shape index (κ1) is 25.7. The zero-order valence-electron chi connectivity index (χ0n) is 20.7. The zero-order chi connectivity index (χ0) is 27.1. The fraction of sp³-hybridized carbons (Fsp3) is 0.333. The number of fused-ring (bicyclic) bond motifs is 3. The Bertz CT molecular complexity index is 1450. The normalized spacial score (nSPS) is 17.6. The molecular formula is C27H24ClF2N5O3. The van der Waals surface area contributed by atoms with Crippen molar-refractivity contribution in [2.75, 3.05) is 6.54 Å². The minimum absolute atomic E-state index is 0.0520. The molecule has 3 heterocycles. The number of alkyl halides is 2. The summed E-state index contributed by atoms with van der Waals surface area (Å²) in [4.78, 5) is 33.9. The number of aromatic nitrogens is 2. The lowest BCUT2D eigenvalue weighted by molar-refractivity contribution is -0.0498. The summed E-state index contributed by atoms with van der Waals surface area (Å²) in [7, 11) is 0. The van der Waals surface area contributed by atoms with E-state index in [2.05, 4.69) is 14.7 Å². The molecule has 2 aliphatic heterocycles. The predicted octanol–water partition coefficient (Wildman–Crippen LogP) is 5.49. The van der Waals surface area contributed by atoms with Crippen molar-refractivity contribution < 1.29 is 23.1 Å². The topological polar surface area (TPSA) is 72.0 Å². The number of nitrogens with zero attached hydrogens (tertiary/aromatic N) is 5. The van der Waals surface area contributed by atoms with Crippen molar-refractivity contribution in [1.82, 2.24) is 19.6 Å². The molecule has 2 atom stereocenters. The van der Waals surface area contributed by atoms with Crippen LogP contribution >= 0.6 is 11.6 Å². The maximum atomic E-state index is 13.7. The molecule has 196 valence electrons. The maximum Gasteiger partial charge on any atom is 0.387 e. The van der Waals surface area contributed by atoms with Crippen LogP contribution in [-0.2, 0) is 19.5 Å². The van der Waals surface area contributed by atoms with Gasteiger partial charge in [0.1, 0.15) is 11.4 Å². The fourth-order valence-corrected chi connectivity index (χ4v) is 5.24. The van der Waals surface area contributed by atoms with Gasteiger partial charge < -0.3 is 14.5 Å². The van der Waals surface area contributed by atoms with E-state index in [1.165, 1.54) is 18.2 Å². The Kier molecular flexibility index (Phi) is 6.80. The molecule has 2 aromatic carbocycles. The molecule has 1 aromatic heterocycles. The number of benzene rings is 2. The molecule has 0 aliphatic carbocycles. The van der Waals surface area contributed by atoms with Crippen LogP contribution in [0.25, 0.3) is 4.85 Å². The summed E-state index contributed by atoms with van der Waals surface area (Å²) in [6.07, 6.45) is 0.499. The minimum Gasteiger partial charge on any atom is -0.435 e. The molecule has 0 unspecified atom stereocenters. The number of carbonyl (C=O) groups excluding carboxylic acids is 2. The van der Waals surface area contributed by atoms with Crippen molar-refractivity contribution in [3.8, 4) is 5.75 Å². The van der Waals surface area contributed by atoms with Gasteiger partial charge in [-0.3, -0.25) is 14.3 Å². The van der Waals surface area contributed by atoms with Crippen molar-refractivity contribution in [2.45, 2.75) is 52.1 Å². The van der Waals surface area contributed by atoms with E-state index < -0.39 is 6.61 Å². The number of ether oxygens (including phenoxy) is 1. The van der Waals surface area contributed by atoms with Gasteiger partial charge in [0.15, 0.2) is 0 Å². The third kappa shape index (κ3) is 4.58. The Balaban J connectivity index is 1.40. The van der Waals surface area contributed by atoms with Crippen LogP contribution in [-0.4, -0.2) is 50.6 Å². The zero-order valence-corrected chi connectivity index (χ0v) is 21.5. The molecule has 2 aliphatic rings. The molecule has 3 aromatic rings. The van der Waals surface area contributed by atoms with Gasteiger partial charge >= 0.3 is 6.61 Å². The molecule has 0 fully saturated rings. The van der Waals surface area contributed by atoms with E-state index in [4.69, 9.17) is 18.2 Å². The molecule has 0 saturated heterocycles. The number of hydrogen-bond acceptors (Lipinski definition) is 4. The summed E-state index contributed by atoms with van der Waals surface area (Å²) >= 11 is 6.05. The largest absolute Gasteiger partial charge is 0.435 e. The SMILES string of the molecule is [C-]#[N+]c1cc(C(=O)N2Cc3c(nn4c3C(=O)N([C@@H](C)c3ccc(OC(F)F)cc3)CC4)C[C@H]2C)ccc1Cl. The van der Waals surface area contributed by atoms with Crippen molar-refractivity contribution in [3.05, 3.63) is 87.0 Å². The lowest BCUT2D eigenvalue weighted by Crippen LogP contribution is -2.44. The van der Waals surface area contributed by atoms with Gasteiger partial charge in [-0.25, -0.2) is 4.85 Å². The lowest BCUT2D eigenvalue weighted by atomic mass is 9.97. The highest BCUT2D eigenvalue weighted by atomic mass is 35.5. The molecule has 11 heteroatoms. The van der Waals surface area contributed by atoms with Gasteiger partial charge in [0.2, 0.25) is 5.69 Å². The molecule has 0 saturated carbocycles. The maximum absolute atomic E-state index is 13.7. The van der Waals surface area contributed by atoms with E-state index in [9.17, 15) is 18.4 Å². The number of hydrogen-bond donors (Lipinski definition) is 0. The van der Waals surface area contributed by atoms with Crippen molar-refractivity contribution in [3.63, 3.8) is 0 Å². The van der Waals surface area contributed by atoms with Gasteiger partial charge in [-0.1, -0.05) is 35.9 Å². The predicted molar refractivity (Wildman–Crippen MR) is 136 cm³/mol. The molecule has 0 spiro atoms. The van der Waals surface area contributed by atoms with Gasteiger partial charge in [0.05, 0.1) is 31.4 Å². The molecule has 38 heavy (non-hydrogen) atoms. The molecular weight excluding hydrogens is 516 g/mol. The van der Waals surface area contributed by atoms with Crippen LogP contribution in [0.3, 0.4) is 0 Å². The third-order valence-corrected chi connectivity index (χ3v) is 7.45. The number of carbonyl (C=O) groups is 2. The van der Waals surface area contributed by atoms with E-state index in [-0.39, 0.29) is 46.9 Å². The molecule has 0 bridgehead atoms. The number of rotatable bonds is 5. The second-order valence-electron chi connectivity index (χ2n) is 9.38. The summed E-state index contributed by atoms with van der Waals surface area (Å²) in [6, 6.07) is 10.4. The quantitative estimate of drug-likeness (QED) is 0.402. The van der Waals surface area contributed by atoms with Crippen LogP contribution in [0.2, 0.25) is 5.02 Å². The first-order valence-corrected chi connectivity index (χ1v) is 12.5. The second-order valence-corrected chi connectivity index (χ2v) is 9.79. The Morgan fingerprint density at radius 1 is 1.21 bits per heavy atom. The van der Waals surface area contributed by atoms with Gasteiger partial charge in [0, 0.05) is 35.2 Å².